The van der Waals surface area contributed by atoms with Crippen LogP contribution in [0, 0.1) is 0 Å². The van der Waals surface area contributed by atoms with Crippen molar-refractivity contribution in [2.75, 3.05) is 32.5 Å². The van der Waals surface area contributed by atoms with Gasteiger partial charge in [0.1, 0.15) is 0 Å². The average Bonchev–Trinajstić information content (AvgIpc) is 2.56. The average molecular weight is 540 g/mol. The van der Waals surface area contributed by atoms with E-state index in [0.717, 1.165) is 40.9 Å². The highest BCUT2D eigenvalue weighted by molar-refractivity contribution is 8.93. The number of anilines is 1. The van der Waals surface area contributed by atoms with Gasteiger partial charge in [0.2, 0.25) is 0 Å². The molecule has 0 atom stereocenters. The van der Waals surface area contributed by atoms with Crippen LogP contribution in [0.25, 0.3) is 22.2 Å². The van der Waals surface area contributed by atoms with Crippen LogP contribution in [0.15, 0.2) is 48.5 Å². The molecule has 2 aromatic carbocycles. The molecule has 0 spiro atoms. The van der Waals surface area contributed by atoms with Crippen LogP contribution in [0.2, 0.25) is 10.0 Å². The molecule has 8 heteroatoms. The summed E-state index contributed by atoms with van der Waals surface area (Å²) in [5.74, 6) is 0. The molecule has 0 saturated carbocycles. The van der Waals surface area contributed by atoms with Crippen LogP contribution in [-0.4, -0.2) is 42.5 Å². The summed E-state index contributed by atoms with van der Waals surface area (Å²) in [5, 5.41) is 5.89. The van der Waals surface area contributed by atoms with Gasteiger partial charge in [-0.3, -0.25) is 0 Å². The van der Waals surface area contributed by atoms with Crippen molar-refractivity contribution >= 4 is 73.8 Å². The topological polar surface area (TPSA) is 59.7 Å². The maximum Gasteiger partial charge on any atom is 0.0745 e. The number of para-hydroxylation sites is 1. The number of nitrogens with one attached hydrogen (secondary N) is 1. The van der Waals surface area contributed by atoms with E-state index in [0.29, 0.717) is 10.0 Å². The maximum atomic E-state index is 6.35. The van der Waals surface area contributed by atoms with E-state index in [-0.39, 0.29) is 39.4 Å². The Hall–Kier alpha value is -0.890. The summed E-state index contributed by atoms with van der Waals surface area (Å²) >= 11 is 12.5. The van der Waals surface area contributed by atoms with Gasteiger partial charge in [0, 0.05) is 34.7 Å². The highest BCUT2D eigenvalue weighted by atomic mass is 79.9. The van der Waals surface area contributed by atoms with E-state index < -0.39 is 0 Å². The lowest BCUT2D eigenvalue weighted by Gasteiger charge is -2.15. The molecule has 0 aliphatic carbocycles. The van der Waals surface area contributed by atoms with Crippen molar-refractivity contribution in [3.8, 4) is 11.3 Å². The van der Waals surface area contributed by atoms with Crippen LogP contribution in [0.4, 0.5) is 5.69 Å². The first-order chi connectivity index (χ1) is 11.5. The molecule has 0 aliphatic heterocycles. The lowest BCUT2D eigenvalue weighted by atomic mass is 10.1. The van der Waals surface area contributed by atoms with E-state index in [1.807, 2.05) is 30.3 Å². The van der Waals surface area contributed by atoms with Crippen molar-refractivity contribution in [3.63, 3.8) is 0 Å². The highest BCUT2D eigenvalue weighted by Crippen LogP contribution is 2.33. The summed E-state index contributed by atoms with van der Waals surface area (Å²) in [4.78, 5) is 6.90. The number of hydrogen-bond acceptors (Lipinski definition) is 3. The molecular formula is C19H23Br2Cl2N3O. The van der Waals surface area contributed by atoms with Crippen LogP contribution < -0.4 is 5.32 Å². The fourth-order valence-electron chi connectivity index (χ4n) is 2.57. The minimum atomic E-state index is 0. The number of fused-ring (bicyclic) bond motifs is 1. The Balaban J connectivity index is 0.00000225. The minimum absolute atomic E-state index is 0. The fraction of sp³-hybridized carbons (Fsp3) is 0.211. The predicted octanol–water partition coefficient (Wildman–Crippen LogP) is 5.51. The van der Waals surface area contributed by atoms with Crippen LogP contribution in [0.1, 0.15) is 0 Å². The van der Waals surface area contributed by atoms with Gasteiger partial charge in [0.05, 0.1) is 16.2 Å². The van der Waals surface area contributed by atoms with Gasteiger partial charge in [0.15, 0.2) is 0 Å². The molecule has 4 nitrogen and oxygen atoms in total. The standard InChI is InChI=1S/C19H19Cl2N3.2BrH.H2O/c1-24(2)10-9-22-18-12-19(15-11-13(20)7-8-16(15)21)23-17-6-4-3-5-14(17)18;;;/h3-8,11-12H,9-10H2,1-2H3,(H,22,23);2*1H;1H2. The SMILES string of the molecule is Br.Br.CN(C)CCNc1cc(-c2cc(Cl)ccc2Cl)nc2ccccc12.O. The van der Waals surface area contributed by atoms with Crippen molar-refractivity contribution in [1.82, 2.24) is 9.88 Å². The van der Waals surface area contributed by atoms with E-state index in [2.05, 4.69) is 30.4 Å². The zero-order chi connectivity index (χ0) is 17.1. The third kappa shape index (κ3) is 6.59. The smallest absolute Gasteiger partial charge is 0.0745 e. The van der Waals surface area contributed by atoms with Crippen molar-refractivity contribution in [2.45, 2.75) is 0 Å². The molecule has 0 amide bonds. The number of benzene rings is 2. The number of nitrogens with zero attached hydrogens (tertiary/aromatic N) is 2. The molecule has 3 rings (SSSR count). The molecule has 3 aromatic rings. The molecule has 1 heterocycles. The Bertz CT molecular complexity index is 879. The van der Waals surface area contributed by atoms with Crippen molar-refractivity contribution < 1.29 is 5.48 Å². The van der Waals surface area contributed by atoms with Gasteiger partial charge in [0.25, 0.3) is 0 Å². The van der Waals surface area contributed by atoms with Crippen molar-refractivity contribution in [1.29, 1.82) is 0 Å². The molecule has 27 heavy (non-hydrogen) atoms. The van der Waals surface area contributed by atoms with E-state index in [4.69, 9.17) is 28.2 Å². The molecule has 148 valence electrons. The monoisotopic (exact) mass is 537 g/mol. The molecule has 0 bridgehead atoms. The van der Waals surface area contributed by atoms with Gasteiger partial charge in [-0.25, -0.2) is 4.98 Å². The minimum Gasteiger partial charge on any atom is -0.412 e. The Morgan fingerprint density at radius 1 is 1.00 bits per heavy atom. The largest absolute Gasteiger partial charge is 0.412 e. The molecule has 0 fully saturated rings. The summed E-state index contributed by atoms with van der Waals surface area (Å²) < 4.78 is 0. The number of aromatic nitrogens is 1. The van der Waals surface area contributed by atoms with Gasteiger partial charge >= 0.3 is 0 Å². The number of likely N-dealkylation sites (N-methyl/N-ethyl adjacent to an activating group) is 1. The molecule has 0 unspecified atom stereocenters. The van der Waals surface area contributed by atoms with Crippen LogP contribution >= 0.6 is 57.2 Å². The van der Waals surface area contributed by atoms with E-state index in [1.165, 1.54) is 0 Å². The quantitative estimate of drug-likeness (QED) is 0.465. The summed E-state index contributed by atoms with van der Waals surface area (Å²) in [7, 11) is 4.12. The zero-order valence-corrected chi connectivity index (χ0v) is 19.9. The third-order valence-corrected chi connectivity index (χ3v) is 4.36. The summed E-state index contributed by atoms with van der Waals surface area (Å²) in [6.07, 6.45) is 0. The second-order valence-corrected chi connectivity index (χ2v) is 6.77. The van der Waals surface area contributed by atoms with E-state index in [1.54, 1.807) is 12.1 Å². The fourth-order valence-corrected chi connectivity index (χ4v) is 2.95. The first kappa shape index (κ1) is 26.1. The van der Waals surface area contributed by atoms with E-state index >= 15 is 0 Å². The third-order valence-electron chi connectivity index (χ3n) is 3.80. The van der Waals surface area contributed by atoms with Crippen LogP contribution in [-0.2, 0) is 0 Å². The second kappa shape index (κ2) is 11.8. The Morgan fingerprint density at radius 3 is 2.41 bits per heavy atom. The lowest BCUT2D eigenvalue weighted by molar-refractivity contribution is 0.425. The number of rotatable bonds is 5. The molecular weight excluding hydrogens is 517 g/mol. The Morgan fingerprint density at radius 2 is 1.70 bits per heavy atom. The summed E-state index contributed by atoms with van der Waals surface area (Å²) in [5.41, 5.74) is 3.63. The van der Waals surface area contributed by atoms with Gasteiger partial charge in [-0.15, -0.1) is 34.0 Å². The predicted molar refractivity (Wildman–Crippen MR) is 129 cm³/mol. The summed E-state index contributed by atoms with van der Waals surface area (Å²) in [6.45, 7) is 1.80. The maximum absolute atomic E-state index is 6.35. The van der Waals surface area contributed by atoms with Gasteiger partial charge in [-0.2, -0.15) is 0 Å². The second-order valence-electron chi connectivity index (χ2n) is 5.93. The van der Waals surface area contributed by atoms with Crippen molar-refractivity contribution in [3.05, 3.63) is 58.6 Å². The van der Waals surface area contributed by atoms with Gasteiger partial charge in [-0.1, -0.05) is 41.4 Å². The Labute approximate surface area is 190 Å². The molecule has 3 N–H and O–H groups in total. The lowest BCUT2D eigenvalue weighted by Crippen LogP contribution is -2.20. The zero-order valence-electron chi connectivity index (χ0n) is 15.0. The van der Waals surface area contributed by atoms with Gasteiger partial charge < -0.3 is 15.7 Å². The normalized spacial score (nSPS) is 9.96. The van der Waals surface area contributed by atoms with Gasteiger partial charge in [-0.05, 0) is 44.4 Å². The first-order valence-corrected chi connectivity index (χ1v) is 8.54. The Kier molecular flexibility index (Phi) is 11.5. The van der Waals surface area contributed by atoms with Crippen LogP contribution in [0.3, 0.4) is 0 Å². The number of hydrogen-bond donors (Lipinski definition) is 1. The molecule has 1 aromatic heterocycles. The summed E-state index contributed by atoms with van der Waals surface area (Å²) in [6, 6.07) is 15.6. The number of halogens is 4. The number of pyridine rings is 1. The highest BCUT2D eigenvalue weighted by Gasteiger charge is 2.10. The van der Waals surface area contributed by atoms with Crippen molar-refractivity contribution in [2.24, 2.45) is 0 Å². The van der Waals surface area contributed by atoms with Crippen LogP contribution in [0.5, 0.6) is 0 Å². The molecule has 0 aliphatic rings. The molecule has 0 radical (unpaired) electrons. The molecule has 0 saturated heterocycles. The first-order valence-electron chi connectivity index (χ1n) is 7.78. The van der Waals surface area contributed by atoms with E-state index in [9.17, 15) is 0 Å².